The van der Waals surface area contributed by atoms with Gasteiger partial charge in [0.2, 0.25) is 0 Å². The number of esters is 1. The summed E-state index contributed by atoms with van der Waals surface area (Å²) >= 11 is 0. The lowest BCUT2D eigenvalue weighted by Crippen LogP contribution is -2.09. The molecule has 2 rings (SSSR count). The largest absolute Gasteiger partial charge is 0.423 e. The first-order valence-corrected chi connectivity index (χ1v) is 6.31. The van der Waals surface area contributed by atoms with Crippen LogP contribution in [-0.4, -0.2) is 5.97 Å². The fourth-order valence-corrected chi connectivity index (χ4v) is 1.95. The molecule has 0 amide bonds. The smallest absolute Gasteiger partial charge is 0.343 e. The van der Waals surface area contributed by atoms with Crippen molar-refractivity contribution < 1.29 is 9.53 Å². The molecule has 0 fully saturated rings. The fourth-order valence-electron chi connectivity index (χ4n) is 1.95. The molecule has 2 aromatic carbocycles. The van der Waals surface area contributed by atoms with Crippen molar-refractivity contribution in [3.8, 4) is 11.8 Å². The topological polar surface area (TPSA) is 50.1 Å². The molecule has 3 nitrogen and oxygen atoms in total. The summed E-state index contributed by atoms with van der Waals surface area (Å²) < 4.78 is 5.44. The molecular formula is C17H15NO2. The van der Waals surface area contributed by atoms with E-state index in [9.17, 15) is 4.79 Å². The van der Waals surface area contributed by atoms with Crippen LogP contribution in [0.4, 0.5) is 0 Å². The van der Waals surface area contributed by atoms with E-state index in [1.807, 2.05) is 39.0 Å². The molecule has 0 saturated heterocycles. The van der Waals surface area contributed by atoms with Crippen LogP contribution in [0.3, 0.4) is 0 Å². The van der Waals surface area contributed by atoms with E-state index in [0.717, 1.165) is 16.7 Å². The zero-order chi connectivity index (χ0) is 14.7. The van der Waals surface area contributed by atoms with Gasteiger partial charge in [-0.25, -0.2) is 4.79 Å². The Bertz CT molecular complexity index is 694. The van der Waals surface area contributed by atoms with Crippen LogP contribution in [0.1, 0.15) is 32.6 Å². The summed E-state index contributed by atoms with van der Waals surface area (Å²) in [5.41, 5.74) is 4.05. The van der Waals surface area contributed by atoms with Gasteiger partial charge in [-0.05, 0) is 67.8 Å². The molecule has 0 saturated carbocycles. The van der Waals surface area contributed by atoms with Crippen LogP contribution in [0.2, 0.25) is 0 Å². The number of benzene rings is 2. The Labute approximate surface area is 118 Å². The second-order valence-corrected chi connectivity index (χ2v) is 4.78. The number of hydrogen-bond acceptors (Lipinski definition) is 3. The van der Waals surface area contributed by atoms with Gasteiger partial charge in [-0.2, -0.15) is 5.26 Å². The number of hydrogen-bond donors (Lipinski definition) is 0. The van der Waals surface area contributed by atoms with Gasteiger partial charge in [0.1, 0.15) is 5.75 Å². The van der Waals surface area contributed by atoms with E-state index in [4.69, 9.17) is 10.00 Å². The number of nitrogens with zero attached hydrogens (tertiary/aromatic N) is 1. The normalized spacial score (nSPS) is 9.90. The molecule has 0 bridgehead atoms. The maximum Gasteiger partial charge on any atom is 0.343 e. The Kier molecular flexibility index (Phi) is 3.86. The molecule has 0 aromatic heterocycles. The number of carbonyl (C=O) groups is 1. The van der Waals surface area contributed by atoms with Crippen molar-refractivity contribution in [2.45, 2.75) is 20.8 Å². The van der Waals surface area contributed by atoms with E-state index in [1.165, 1.54) is 0 Å². The number of nitriles is 1. The second kappa shape index (κ2) is 5.58. The lowest BCUT2D eigenvalue weighted by Gasteiger charge is -2.11. The van der Waals surface area contributed by atoms with Gasteiger partial charge in [-0.15, -0.1) is 0 Å². The molecule has 0 heterocycles. The lowest BCUT2D eigenvalue weighted by atomic mass is 10.1. The predicted molar refractivity (Wildman–Crippen MR) is 76.8 cm³/mol. The number of ether oxygens (including phenoxy) is 1. The van der Waals surface area contributed by atoms with Gasteiger partial charge in [0.05, 0.1) is 17.2 Å². The van der Waals surface area contributed by atoms with Crippen LogP contribution in [0.25, 0.3) is 0 Å². The van der Waals surface area contributed by atoms with Crippen molar-refractivity contribution in [3.63, 3.8) is 0 Å². The summed E-state index contributed by atoms with van der Waals surface area (Å²) in [6.45, 7) is 5.88. The molecule has 0 atom stereocenters. The SMILES string of the molecule is Cc1cc(C)c(C)c(OC(=O)c2ccc(C#N)cc2)c1. The molecule has 0 aliphatic carbocycles. The van der Waals surface area contributed by atoms with Crippen molar-refractivity contribution >= 4 is 5.97 Å². The minimum absolute atomic E-state index is 0.414. The zero-order valence-electron chi connectivity index (χ0n) is 11.7. The molecule has 3 heteroatoms. The minimum atomic E-state index is -0.414. The molecule has 0 radical (unpaired) electrons. The third kappa shape index (κ3) is 2.86. The summed E-state index contributed by atoms with van der Waals surface area (Å²) in [5.74, 6) is 0.166. The molecule has 0 aliphatic rings. The van der Waals surface area contributed by atoms with Crippen molar-refractivity contribution in [2.24, 2.45) is 0 Å². The Balaban J connectivity index is 2.25. The van der Waals surface area contributed by atoms with Crippen LogP contribution in [0, 0.1) is 32.1 Å². The first kappa shape index (κ1) is 13.8. The zero-order valence-corrected chi connectivity index (χ0v) is 11.7. The Hall–Kier alpha value is -2.60. The van der Waals surface area contributed by atoms with Crippen molar-refractivity contribution in [1.29, 1.82) is 5.26 Å². The van der Waals surface area contributed by atoms with Crippen molar-refractivity contribution in [3.05, 3.63) is 64.2 Å². The molecule has 0 aliphatic heterocycles. The van der Waals surface area contributed by atoms with Gasteiger partial charge < -0.3 is 4.74 Å². The third-order valence-corrected chi connectivity index (χ3v) is 3.22. The van der Waals surface area contributed by atoms with E-state index in [-0.39, 0.29) is 0 Å². The average Bonchev–Trinajstić information content (AvgIpc) is 2.44. The van der Waals surface area contributed by atoms with E-state index in [0.29, 0.717) is 16.9 Å². The Morgan fingerprint density at radius 3 is 2.35 bits per heavy atom. The van der Waals surface area contributed by atoms with E-state index in [1.54, 1.807) is 24.3 Å². The van der Waals surface area contributed by atoms with E-state index in [2.05, 4.69) is 0 Å². The Morgan fingerprint density at radius 1 is 1.10 bits per heavy atom. The van der Waals surface area contributed by atoms with Gasteiger partial charge in [-0.3, -0.25) is 0 Å². The maximum atomic E-state index is 12.1. The van der Waals surface area contributed by atoms with Crippen LogP contribution >= 0.6 is 0 Å². The van der Waals surface area contributed by atoms with Crippen molar-refractivity contribution in [1.82, 2.24) is 0 Å². The first-order chi connectivity index (χ1) is 9.51. The monoisotopic (exact) mass is 265 g/mol. The highest BCUT2D eigenvalue weighted by molar-refractivity contribution is 5.91. The highest BCUT2D eigenvalue weighted by Crippen LogP contribution is 2.24. The molecule has 0 N–H and O–H groups in total. The number of rotatable bonds is 2. The fraction of sp³-hybridized carbons (Fsp3) is 0.176. The molecule has 20 heavy (non-hydrogen) atoms. The van der Waals surface area contributed by atoms with E-state index < -0.39 is 5.97 Å². The molecule has 0 spiro atoms. The predicted octanol–water partition coefficient (Wildman–Crippen LogP) is 3.70. The lowest BCUT2D eigenvalue weighted by molar-refractivity contribution is 0.0733. The quantitative estimate of drug-likeness (QED) is 0.614. The molecule has 100 valence electrons. The van der Waals surface area contributed by atoms with Gasteiger partial charge >= 0.3 is 5.97 Å². The molecular weight excluding hydrogens is 250 g/mol. The van der Waals surface area contributed by atoms with Crippen LogP contribution < -0.4 is 4.74 Å². The minimum Gasteiger partial charge on any atom is -0.423 e. The van der Waals surface area contributed by atoms with Gasteiger partial charge in [0.25, 0.3) is 0 Å². The number of aryl methyl sites for hydroxylation is 2. The molecule has 0 unspecified atom stereocenters. The van der Waals surface area contributed by atoms with Gasteiger partial charge in [0.15, 0.2) is 0 Å². The van der Waals surface area contributed by atoms with Crippen molar-refractivity contribution in [2.75, 3.05) is 0 Å². The maximum absolute atomic E-state index is 12.1. The Morgan fingerprint density at radius 2 is 1.75 bits per heavy atom. The second-order valence-electron chi connectivity index (χ2n) is 4.78. The standard InChI is InChI=1S/C17H15NO2/c1-11-8-12(2)13(3)16(9-11)20-17(19)15-6-4-14(10-18)5-7-15/h4-9H,1-3H3. The summed E-state index contributed by atoms with van der Waals surface area (Å²) in [6, 6.07) is 12.3. The van der Waals surface area contributed by atoms with Gasteiger partial charge in [-0.1, -0.05) is 6.07 Å². The van der Waals surface area contributed by atoms with Crippen LogP contribution in [-0.2, 0) is 0 Å². The highest BCUT2D eigenvalue weighted by atomic mass is 16.5. The number of carbonyl (C=O) groups excluding carboxylic acids is 1. The van der Waals surface area contributed by atoms with Crippen LogP contribution in [0.5, 0.6) is 5.75 Å². The molecule has 2 aromatic rings. The van der Waals surface area contributed by atoms with Crippen LogP contribution in [0.15, 0.2) is 36.4 Å². The summed E-state index contributed by atoms with van der Waals surface area (Å²) in [5, 5.41) is 8.73. The summed E-state index contributed by atoms with van der Waals surface area (Å²) in [4.78, 5) is 12.1. The third-order valence-electron chi connectivity index (χ3n) is 3.22. The summed E-state index contributed by atoms with van der Waals surface area (Å²) in [6.07, 6.45) is 0. The van der Waals surface area contributed by atoms with Gasteiger partial charge in [0, 0.05) is 0 Å². The average molecular weight is 265 g/mol. The first-order valence-electron chi connectivity index (χ1n) is 6.31. The van der Waals surface area contributed by atoms with E-state index >= 15 is 0 Å². The summed E-state index contributed by atoms with van der Waals surface area (Å²) in [7, 11) is 0. The highest BCUT2D eigenvalue weighted by Gasteiger charge is 2.11.